The largest absolute Gasteiger partial charge is 0.478 e. The fourth-order valence-electron chi connectivity index (χ4n) is 4.28. The number of carbonyl (C=O) groups is 1. The lowest BCUT2D eigenvalue weighted by Crippen LogP contribution is -2.63. The smallest absolute Gasteiger partial charge is 0.428 e. The van der Waals surface area contributed by atoms with Crippen molar-refractivity contribution in [2.24, 2.45) is 4.99 Å². The average Bonchev–Trinajstić information content (AvgIpc) is 3.31. The van der Waals surface area contributed by atoms with E-state index in [0.29, 0.717) is 25.1 Å². The van der Waals surface area contributed by atoms with Crippen LogP contribution in [0.4, 0.5) is 23.7 Å². The van der Waals surface area contributed by atoms with Crippen LogP contribution >= 0.6 is 11.8 Å². The first-order valence-electron chi connectivity index (χ1n) is 13.9. The van der Waals surface area contributed by atoms with Crippen LogP contribution in [0.5, 0.6) is 5.75 Å². The van der Waals surface area contributed by atoms with Gasteiger partial charge in [-0.3, -0.25) is 9.89 Å². The summed E-state index contributed by atoms with van der Waals surface area (Å²) in [4.78, 5) is 18.7. The van der Waals surface area contributed by atoms with E-state index in [1.807, 2.05) is 13.8 Å². The van der Waals surface area contributed by atoms with Gasteiger partial charge in [0, 0.05) is 25.9 Å². The predicted molar refractivity (Wildman–Crippen MR) is 152 cm³/mol. The van der Waals surface area contributed by atoms with Crippen molar-refractivity contribution in [1.82, 2.24) is 4.90 Å². The molecule has 0 radical (unpaired) electrons. The molecule has 2 aliphatic rings. The van der Waals surface area contributed by atoms with Crippen LogP contribution in [-0.4, -0.2) is 84.1 Å². The zero-order valence-electron chi connectivity index (χ0n) is 24.5. The van der Waals surface area contributed by atoms with E-state index in [2.05, 4.69) is 4.99 Å². The van der Waals surface area contributed by atoms with Crippen molar-refractivity contribution in [1.29, 1.82) is 0 Å². The van der Waals surface area contributed by atoms with E-state index in [1.165, 1.54) is 36.2 Å². The zero-order valence-corrected chi connectivity index (χ0v) is 25.3. The monoisotopic (exact) mass is 605 g/mol. The molecule has 0 spiro atoms. The Bertz CT molecular complexity index is 1020. The number of benzene rings is 1. The molecular weight excluding hydrogens is 563 g/mol. The standard InChI is InChI=1S/C28H42F3N3O6S/c1-7-9-15-36-20-19-24(41-25(33-19)34(6)26(35)40-27(3,4)5)39-22(21(20)37-16-10-8-2)23(28(29,30)31)38-18-13-11-17(32)12-14-18/h11-14,19-24H,7-10,15-16,32H2,1-6H3/t19-,20-,21+,22+,23?,24-/m1/s1. The Hall–Kier alpha value is -2.22. The van der Waals surface area contributed by atoms with Crippen LogP contribution in [0.3, 0.4) is 0 Å². The van der Waals surface area contributed by atoms with E-state index in [9.17, 15) is 18.0 Å². The summed E-state index contributed by atoms with van der Waals surface area (Å²) in [6.07, 6.45) is -8.46. The molecule has 0 saturated carbocycles. The number of halogens is 3. The lowest BCUT2D eigenvalue weighted by Gasteiger charge is -2.45. The van der Waals surface area contributed by atoms with Crippen LogP contribution in [0.25, 0.3) is 0 Å². The molecule has 2 heterocycles. The van der Waals surface area contributed by atoms with E-state index in [0.717, 1.165) is 24.6 Å². The molecule has 1 unspecified atom stereocenters. The van der Waals surface area contributed by atoms with E-state index < -0.39 is 53.8 Å². The quantitative estimate of drug-likeness (QED) is 0.242. The summed E-state index contributed by atoms with van der Waals surface area (Å²) in [6, 6.07) is 4.97. The maximum atomic E-state index is 14.6. The van der Waals surface area contributed by atoms with Crippen molar-refractivity contribution in [3.05, 3.63) is 24.3 Å². The summed E-state index contributed by atoms with van der Waals surface area (Å²) in [6.45, 7) is 9.68. The molecule has 0 aliphatic carbocycles. The van der Waals surface area contributed by atoms with Crippen molar-refractivity contribution in [2.45, 2.75) is 108 Å². The summed E-state index contributed by atoms with van der Waals surface area (Å²) >= 11 is 1.05. The summed E-state index contributed by atoms with van der Waals surface area (Å²) in [5, 5.41) is 0.259. The topological polar surface area (TPSA) is 105 Å². The molecule has 232 valence electrons. The van der Waals surface area contributed by atoms with Crippen LogP contribution in [0.2, 0.25) is 0 Å². The highest BCUT2D eigenvalue weighted by atomic mass is 32.2. The predicted octanol–water partition coefficient (Wildman–Crippen LogP) is 6.01. The highest BCUT2D eigenvalue weighted by Crippen LogP contribution is 2.43. The van der Waals surface area contributed by atoms with Crippen molar-refractivity contribution in [3.8, 4) is 5.75 Å². The van der Waals surface area contributed by atoms with Crippen LogP contribution in [-0.2, 0) is 18.9 Å². The van der Waals surface area contributed by atoms with E-state index in [4.69, 9.17) is 29.4 Å². The number of alkyl halides is 3. The van der Waals surface area contributed by atoms with E-state index >= 15 is 0 Å². The third kappa shape index (κ3) is 9.13. The number of amides is 1. The second kappa shape index (κ2) is 14.3. The van der Waals surface area contributed by atoms with Crippen LogP contribution in [0, 0.1) is 0 Å². The van der Waals surface area contributed by atoms with Crippen LogP contribution < -0.4 is 10.5 Å². The van der Waals surface area contributed by atoms with Gasteiger partial charge in [0.25, 0.3) is 0 Å². The van der Waals surface area contributed by atoms with Crippen LogP contribution in [0.15, 0.2) is 29.3 Å². The van der Waals surface area contributed by atoms with Gasteiger partial charge in [0.1, 0.15) is 41.1 Å². The number of anilines is 1. The summed E-state index contributed by atoms with van der Waals surface area (Å²) in [7, 11) is 1.50. The number of aliphatic imine (C=N–C) groups is 1. The highest BCUT2D eigenvalue weighted by molar-refractivity contribution is 8.14. The molecule has 0 aromatic heterocycles. The molecular formula is C28H42F3N3O6S. The van der Waals surface area contributed by atoms with E-state index in [1.54, 1.807) is 20.8 Å². The van der Waals surface area contributed by atoms with Gasteiger partial charge in [0.2, 0.25) is 6.10 Å². The number of hydrogen-bond acceptors (Lipinski definition) is 9. The van der Waals surface area contributed by atoms with Gasteiger partial charge in [-0.2, -0.15) is 13.2 Å². The number of unbranched alkanes of at least 4 members (excludes halogenated alkanes) is 2. The number of fused-ring (bicyclic) bond motifs is 1. The molecule has 2 aliphatic heterocycles. The van der Waals surface area contributed by atoms with Gasteiger partial charge in [-0.05, 0) is 57.9 Å². The van der Waals surface area contributed by atoms with E-state index in [-0.39, 0.29) is 17.5 Å². The first-order valence-corrected chi connectivity index (χ1v) is 14.8. The van der Waals surface area contributed by atoms with Crippen molar-refractivity contribution in [2.75, 3.05) is 26.0 Å². The Morgan fingerprint density at radius 2 is 1.66 bits per heavy atom. The molecule has 9 nitrogen and oxygen atoms in total. The van der Waals surface area contributed by atoms with Gasteiger partial charge in [-0.15, -0.1) is 0 Å². The number of thioether (sulfide) groups is 1. The number of nitrogens with zero attached hydrogens (tertiary/aromatic N) is 2. The third-order valence-electron chi connectivity index (χ3n) is 6.37. The Kier molecular flexibility index (Phi) is 11.6. The van der Waals surface area contributed by atoms with Gasteiger partial charge >= 0.3 is 12.3 Å². The average molecular weight is 606 g/mol. The van der Waals surface area contributed by atoms with Crippen LogP contribution in [0.1, 0.15) is 60.3 Å². The molecule has 1 amide bonds. The number of ether oxygens (including phenoxy) is 5. The Balaban J connectivity index is 1.98. The van der Waals surface area contributed by atoms with Gasteiger partial charge in [-0.1, -0.05) is 38.5 Å². The lowest BCUT2D eigenvalue weighted by atomic mass is 9.93. The summed E-state index contributed by atoms with van der Waals surface area (Å²) < 4.78 is 73.4. The number of nitrogens with two attached hydrogens (primary N) is 1. The fourth-order valence-corrected chi connectivity index (χ4v) is 5.45. The molecule has 6 atom stereocenters. The molecule has 1 aromatic carbocycles. The summed E-state index contributed by atoms with van der Waals surface area (Å²) in [5.74, 6) is -0.0105. The second-order valence-electron chi connectivity index (χ2n) is 11.1. The highest BCUT2D eigenvalue weighted by Gasteiger charge is 2.59. The molecule has 1 saturated heterocycles. The molecule has 0 bridgehead atoms. The fraction of sp³-hybridized carbons (Fsp3) is 0.714. The minimum atomic E-state index is -4.81. The van der Waals surface area contributed by atoms with Gasteiger partial charge in [0.05, 0.1) is 0 Å². The maximum Gasteiger partial charge on any atom is 0.428 e. The molecule has 41 heavy (non-hydrogen) atoms. The van der Waals surface area contributed by atoms with Crippen molar-refractivity contribution < 1.29 is 41.7 Å². The third-order valence-corrected chi connectivity index (χ3v) is 7.58. The van der Waals surface area contributed by atoms with Crippen molar-refractivity contribution >= 4 is 28.7 Å². The van der Waals surface area contributed by atoms with Crippen molar-refractivity contribution in [3.63, 3.8) is 0 Å². The first-order chi connectivity index (χ1) is 19.2. The normalized spacial score (nSPS) is 25.3. The zero-order chi connectivity index (χ0) is 30.4. The minimum Gasteiger partial charge on any atom is -0.478 e. The first kappa shape index (κ1) is 33.3. The van der Waals surface area contributed by atoms with Gasteiger partial charge in [-0.25, -0.2) is 4.79 Å². The molecule has 3 rings (SSSR count). The SMILES string of the molecule is CCCCO[C@@H]1[C@H]2N=C(N(C)C(=O)OC(C)(C)C)S[C@H]2O[C@H](C(Oc2ccc(N)cc2)C(F)(F)F)[C@H]1OCCCC. The molecule has 1 aromatic rings. The molecule has 13 heteroatoms. The number of rotatable bonds is 11. The number of hydrogen-bond donors (Lipinski definition) is 1. The Morgan fingerprint density at radius 1 is 1.07 bits per heavy atom. The second-order valence-corrected chi connectivity index (χ2v) is 12.1. The molecule has 1 fully saturated rings. The van der Waals surface area contributed by atoms with Gasteiger partial charge in [0.15, 0.2) is 5.17 Å². The molecule has 2 N–H and O–H groups in total. The maximum absolute atomic E-state index is 14.6. The minimum absolute atomic E-state index is 0.0105. The van der Waals surface area contributed by atoms with Gasteiger partial charge < -0.3 is 29.4 Å². The lowest BCUT2D eigenvalue weighted by molar-refractivity contribution is -0.274. The Morgan fingerprint density at radius 3 is 2.20 bits per heavy atom. The Labute approximate surface area is 244 Å². The number of amidine groups is 1. The summed E-state index contributed by atoms with van der Waals surface area (Å²) in [5.41, 5.74) is 4.48. The number of carbonyl (C=O) groups excluding carboxylic acids is 1. The number of nitrogen functional groups attached to an aromatic ring is 1.